The van der Waals surface area contributed by atoms with Crippen molar-refractivity contribution in [1.29, 1.82) is 0 Å². The first-order chi connectivity index (χ1) is 12.7. The predicted molar refractivity (Wildman–Crippen MR) is 95.9 cm³/mol. The molecule has 6 nitrogen and oxygen atoms in total. The number of hydrogen-bond donors (Lipinski definition) is 1. The van der Waals surface area contributed by atoms with Gasteiger partial charge in [0.1, 0.15) is 0 Å². The summed E-state index contributed by atoms with van der Waals surface area (Å²) < 4.78 is 10.3. The molecule has 3 aromatic rings. The van der Waals surface area contributed by atoms with Gasteiger partial charge in [-0.2, -0.15) is 0 Å². The number of carbonyl (C=O) groups excluding carboxylic acids is 1. The average molecular weight is 349 g/mol. The lowest BCUT2D eigenvalue weighted by molar-refractivity contribution is 0.0898. The molecule has 6 heteroatoms. The molecule has 1 aliphatic rings. The van der Waals surface area contributed by atoms with Crippen LogP contribution in [0.25, 0.3) is 11.4 Å². The van der Waals surface area contributed by atoms with Gasteiger partial charge in [0.05, 0.1) is 13.2 Å². The topological polar surface area (TPSA) is 77.2 Å². The molecular formula is C20H19N3O3. The minimum absolute atomic E-state index is 0.118. The van der Waals surface area contributed by atoms with E-state index in [-0.39, 0.29) is 17.7 Å². The van der Waals surface area contributed by atoms with Gasteiger partial charge >= 0.3 is 0 Å². The second-order valence-electron chi connectivity index (χ2n) is 6.20. The zero-order valence-corrected chi connectivity index (χ0v) is 14.4. The molecular weight excluding hydrogens is 330 g/mol. The zero-order chi connectivity index (χ0) is 17.9. The van der Waals surface area contributed by atoms with Gasteiger partial charge in [-0.15, -0.1) is 0 Å². The summed E-state index contributed by atoms with van der Waals surface area (Å²) in [6.07, 6.45) is 4.53. The molecule has 1 atom stereocenters. The smallest absolute Gasteiger partial charge is 0.287 e. The fourth-order valence-corrected chi connectivity index (χ4v) is 3.20. The number of nitrogens with one attached hydrogen (secondary N) is 1. The van der Waals surface area contributed by atoms with Crippen LogP contribution >= 0.6 is 0 Å². The van der Waals surface area contributed by atoms with E-state index in [1.165, 1.54) is 7.11 Å². The Balaban J connectivity index is 1.56. The van der Waals surface area contributed by atoms with Crippen LogP contribution in [-0.4, -0.2) is 23.0 Å². The highest BCUT2D eigenvalue weighted by molar-refractivity contribution is 5.91. The summed E-state index contributed by atoms with van der Waals surface area (Å²) in [5.41, 5.74) is 2.96. The van der Waals surface area contributed by atoms with Crippen LogP contribution in [0.3, 0.4) is 0 Å². The maximum absolute atomic E-state index is 12.4. The van der Waals surface area contributed by atoms with E-state index in [2.05, 4.69) is 10.3 Å². The SMILES string of the molecule is COc1ccc(C(=O)NC2CCCc3nc(-c4ccccc4)ncc32)o1. The predicted octanol–water partition coefficient (Wildman–Crippen LogP) is 3.55. The van der Waals surface area contributed by atoms with E-state index in [1.807, 2.05) is 36.5 Å². The van der Waals surface area contributed by atoms with Gasteiger partial charge in [-0.1, -0.05) is 30.3 Å². The molecule has 0 spiro atoms. The van der Waals surface area contributed by atoms with E-state index in [0.29, 0.717) is 11.8 Å². The van der Waals surface area contributed by atoms with E-state index < -0.39 is 0 Å². The van der Waals surface area contributed by atoms with Gasteiger partial charge in [-0.05, 0) is 25.3 Å². The number of benzene rings is 1. The number of furan rings is 1. The van der Waals surface area contributed by atoms with Crippen LogP contribution < -0.4 is 10.1 Å². The van der Waals surface area contributed by atoms with E-state index in [0.717, 1.165) is 36.1 Å². The zero-order valence-electron chi connectivity index (χ0n) is 14.4. The number of ether oxygens (including phenoxy) is 1. The van der Waals surface area contributed by atoms with Crippen molar-refractivity contribution in [2.45, 2.75) is 25.3 Å². The summed E-state index contributed by atoms with van der Waals surface area (Å²) in [6.45, 7) is 0. The summed E-state index contributed by atoms with van der Waals surface area (Å²) >= 11 is 0. The Hall–Kier alpha value is -3.15. The number of fused-ring (bicyclic) bond motifs is 1. The van der Waals surface area contributed by atoms with Crippen molar-refractivity contribution in [3.8, 4) is 17.3 Å². The molecule has 1 aliphatic carbocycles. The monoisotopic (exact) mass is 349 g/mol. The van der Waals surface area contributed by atoms with Gasteiger partial charge in [-0.25, -0.2) is 9.97 Å². The van der Waals surface area contributed by atoms with Gasteiger partial charge in [0, 0.05) is 29.1 Å². The largest absolute Gasteiger partial charge is 0.468 e. The minimum atomic E-state index is -0.265. The number of aryl methyl sites for hydroxylation is 1. The number of aromatic nitrogens is 2. The van der Waals surface area contributed by atoms with Crippen molar-refractivity contribution in [3.05, 3.63) is 65.7 Å². The first kappa shape index (κ1) is 16.3. The third-order valence-corrected chi connectivity index (χ3v) is 4.53. The van der Waals surface area contributed by atoms with Crippen molar-refractivity contribution < 1.29 is 13.9 Å². The minimum Gasteiger partial charge on any atom is -0.468 e. The van der Waals surface area contributed by atoms with Crippen molar-refractivity contribution in [3.63, 3.8) is 0 Å². The summed E-state index contributed by atoms with van der Waals surface area (Å²) in [6, 6.07) is 13.0. The molecule has 4 rings (SSSR count). The van der Waals surface area contributed by atoms with E-state index in [4.69, 9.17) is 14.1 Å². The fourth-order valence-electron chi connectivity index (χ4n) is 3.20. The van der Waals surface area contributed by atoms with Crippen LogP contribution in [0.15, 0.2) is 53.1 Å². The third kappa shape index (κ3) is 3.18. The van der Waals surface area contributed by atoms with Gasteiger partial charge in [0.15, 0.2) is 11.6 Å². The number of nitrogens with zero attached hydrogens (tertiary/aromatic N) is 2. The molecule has 132 valence electrons. The van der Waals surface area contributed by atoms with E-state index in [1.54, 1.807) is 12.1 Å². The standard InChI is InChI=1S/C20H19N3O3/c1-25-18-11-10-17(26-18)20(24)23-16-9-5-8-15-14(16)12-21-19(22-15)13-6-3-2-4-7-13/h2-4,6-7,10-12,16H,5,8-9H2,1H3,(H,23,24). The molecule has 1 unspecified atom stereocenters. The van der Waals surface area contributed by atoms with Crippen molar-refractivity contribution in [2.75, 3.05) is 7.11 Å². The molecule has 0 radical (unpaired) electrons. The van der Waals surface area contributed by atoms with E-state index >= 15 is 0 Å². The van der Waals surface area contributed by atoms with Gasteiger partial charge in [-0.3, -0.25) is 4.79 Å². The fraction of sp³-hybridized carbons (Fsp3) is 0.250. The second kappa shape index (κ2) is 7.00. The number of amides is 1. The van der Waals surface area contributed by atoms with Crippen LogP contribution in [0.2, 0.25) is 0 Å². The lowest BCUT2D eigenvalue weighted by Crippen LogP contribution is -2.31. The van der Waals surface area contributed by atoms with Crippen LogP contribution in [0.1, 0.15) is 40.7 Å². The van der Waals surface area contributed by atoms with Gasteiger partial charge < -0.3 is 14.5 Å². The van der Waals surface area contributed by atoms with Gasteiger partial charge in [0.25, 0.3) is 11.9 Å². The lowest BCUT2D eigenvalue weighted by atomic mass is 9.92. The first-order valence-electron chi connectivity index (χ1n) is 8.60. The summed E-state index contributed by atoms with van der Waals surface area (Å²) in [5, 5.41) is 3.02. The maximum atomic E-state index is 12.4. The number of rotatable bonds is 4. The molecule has 0 bridgehead atoms. The molecule has 0 aliphatic heterocycles. The summed E-state index contributed by atoms with van der Waals surface area (Å²) in [4.78, 5) is 21.7. The summed E-state index contributed by atoms with van der Waals surface area (Å²) in [5.74, 6) is 0.996. The number of hydrogen-bond acceptors (Lipinski definition) is 5. The molecule has 2 heterocycles. The Morgan fingerprint density at radius 1 is 1.23 bits per heavy atom. The Bertz CT molecular complexity index is 921. The third-order valence-electron chi connectivity index (χ3n) is 4.53. The molecule has 0 saturated heterocycles. The molecule has 1 amide bonds. The van der Waals surface area contributed by atoms with E-state index in [9.17, 15) is 4.79 Å². The molecule has 26 heavy (non-hydrogen) atoms. The first-order valence-corrected chi connectivity index (χ1v) is 8.60. The molecule has 1 aromatic carbocycles. The number of carbonyl (C=O) groups is 1. The average Bonchev–Trinajstić information content (AvgIpc) is 3.18. The highest BCUT2D eigenvalue weighted by Crippen LogP contribution is 2.30. The van der Waals surface area contributed by atoms with Gasteiger partial charge in [0.2, 0.25) is 0 Å². The Morgan fingerprint density at radius 2 is 2.08 bits per heavy atom. The number of methoxy groups -OCH3 is 1. The lowest BCUT2D eigenvalue weighted by Gasteiger charge is -2.25. The molecule has 0 saturated carbocycles. The van der Waals surface area contributed by atoms with Crippen LogP contribution in [-0.2, 0) is 6.42 Å². The summed E-state index contributed by atoms with van der Waals surface area (Å²) in [7, 11) is 1.50. The Morgan fingerprint density at radius 3 is 2.85 bits per heavy atom. The molecule has 2 aromatic heterocycles. The Labute approximate surface area is 151 Å². The quantitative estimate of drug-likeness (QED) is 0.779. The highest BCUT2D eigenvalue weighted by Gasteiger charge is 2.25. The maximum Gasteiger partial charge on any atom is 0.287 e. The van der Waals surface area contributed by atoms with Crippen molar-refractivity contribution >= 4 is 5.91 Å². The highest BCUT2D eigenvalue weighted by atomic mass is 16.6. The Kier molecular flexibility index (Phi) is 4.39. The van der Waals surface area contributed by atoms with Crippen LogP contribution in [0.5, 0.6) is 5.95 Å². The normalized spacial score (nSPS) is 16.0. The van der Waals surface area contributed by atoms with Crippen LogP contribution in [0.4, 0.5) is 0 Å². The molecule has 1 N–H and O–H groups in total. The second-order valence-corrected chi connectivity index (χ2v) is 6.20. The van der Waals surface area contributed by atoms with Crippen molar-refractivity contribution in [2.24, 2.45) is 0 Å². The van der Waals surface area contributed by atoms with Crippen molar-refractivity contribution in [1.82, 2.24) is 15.3 Å². The van der Waals surface area contributed by atoms with Crippen LogP contribution in [0, 0.1) is 0 Å². The molecule has 0 fully saturated rings.